The summed E-state index contributed by atoms with van der Waals surface area (Å²) in [5.41, 5.74) is -0.617. The lowest BCUT2D eigenvalue weighted by atomic mass is 10.0. The second-order valence-corrected chi connectivity index (χ2v) is 12.3. The van der Waals surface area contributed by atoms with Crippen LogP contribution in [-0.2, 0) is 19.6 Å². The molecular formula is C24H29N5O6S. The number of pyridine rings is 1. The molecule has 2 atom stereocenters. The van der Waals surface area contributed by atoms with Gasteiger partial charge in [-0.2, -0.15) is 0 Å². The van der Waals surface area contributed by atoms with Crippen LogP contribution in [0.2, 0.25) is 0 Å². The topological polar surface area (TPSA) is 131 Å². The van der Waals surface area contributed by atoms with Gasteiger partial charge in [0, 0.05) is 18.6 Å². The molecule has 1 N–H and O–H groups in total. The molecule has 2 aromatic heterocycles. The summed E-state index contributed by atoms with van der Waals surface area (Å²) in [4.78, 5) is 44.3. The van der Waals surface area contributed by atoms with Gasteiger partial charge in [-0.3, -0.25) is 9.69 Å². The van der Waals surface area contributed by atoms with E-state index in [9.17, 15) is 22.8 Å². The molecule has 0 aromatic carbocycles. The molecule has 1 unspecified atom stereocenters. The predicted molar refractivity (Wildman–Crippen MR) is 134 cm³/mol. The number of fused-ring (bicyclic) bond motifs is 1. The van der Waals surface area contributed by atoms with Gasteiger partial charge in [0.25, 0.3) is 5.91 Å². The highest BCUT2D eigenvalue weighted by atomic mass is 32.2. The fraction of sp³-hybridized carbons (Fsp3) is 0.417. The van der Waals surface area contributed by atoms with Gasteiger partial charge in [-0.15, -0.1) is 0 Å². The zero-order chi connectivity index (χ0) is 26.5. The van der Waals surface area contributed by atoms with Gasteiger partial charge >= 0.3 is 12.1 Å². The molecule has 0 saturated carbocycles. The van der Waals surface area contributed by atoms with Gasteiger partial charge in [-0.05, 0) is 52.3 Å². The van der Waals surface area contributed by atoms with E-state index < -0.39 is 44.4 Å². The van der Waals surface area contributed by atoms with E-state index in [4.69, 9.17) is 4.74 Å². The van der Waals surface area contributed by atoms with Gasteiger partial charge in [0.1, 0.15) is 22.2 Å². The Hall–Kier alpha value is -3.67. The number of likely N-dealkylation sites (N-methyl/N-ethyl adjacent to an activating group) is 1. The highest BCUT2D eigenvalue weighted by molar-refractivity contribution is 7.91. The number of carbonyl (C=O) groups excluding carboxylic acids is 3. The fourth-order valence-electron chi connectivity index (χ4n) is 3.98. The van der Waals surface area contributed by atoms with Crippen molar-refractivity contribution in [2.45, 2.75) is 50.5 Å². The highest BCUT2D eigenvalue weighted by Crippen LogP contribution is 2.31. The predicted octanol–water partition coefficient (Wildman–Crippen LogP) is 2.78. The van der Waals surface area contributed by atoms with Crippen LogP contribution in [0.4, 0.5) is 15.4 Å². The van der Waals surface area contributed by atoms with Gasteiger partial charge in [-0.25, -0.2) is 31.9 Å². The fourth-order valence-corrected chi connectivity index (χ4v) is 5.58. The molecule has 4 amide bonds. The second-order valence-electron chi connectivity index (χ2n) is 9.99. The molecule has 1 fully saturated rings. The third-order valence-electron chi connectivity index (χ3n) is 6.05. The number of urea groups is 1. The number of imide groups is 1. The van der Waals surface area contributed by atoms with Crippen LogP contribution in [0.5, 0.6) is 0 Å². The molecule has 4 rings (SSSR count). The SMILES string of the molecule is CN(C(=O)[C@@H]1CN(C(=O)OC(C)(C)C)C(=O)N1)c1ccc2ccn(S(=O)(=O)C3(C)C=CC=CC3)c2n1. The molecule has 0 spiro atoms. The van der Waals surface area contributed by atoms with Crippen LogP contribution in [0.1, 0.15) is 34.1 Å². The Labute approximate surface area is 209 Å². The summed E-state index contributed by atoms with van der Waals surface area (Å²) in [6, 6.07) is 3.16. The monoisotopic (exact) mass is 515 g/mol. The summed E-state index contributed by atoms with van der Waals surface area (Å²) in [7, 11) is -2.40. The molecule has 36 heavy (non-hydrogen) atoms. The number of amides is 4. The molecule has 0 bridgehead atoms. The maximum absolute atomic E-state index is 13.5. The zero-order valence-corrected chi connectivity index (χ0v) is 21.6. The average molecular weight is 516 g/mol. The first kappa shape index (κ1) is 25.4. The van der Waals surface area contributed by atoms with Crippen LogP contribution in [0.3, 0.4) is 0 Å². The molecule has 11 nitrogen and oxygen atoms in total. The molecule has 0 radical (unpaired) electrons. The van der Waals surface area contributed by atoms with Crippen LogP contribution < -0.4 is 10.2 Å². The summed E-state index contributed by atoms with van der Waals surface area (Å²) in [6.45, 7) is 6.47. The Balaban J connectivity index is 1.58. The van der Waals surface area contributed by atoms with Crippen molar-refractivity contribution in [3.63, 3.8) is 0 Å². The van der Waals surface area contributed by atoms with E-state index in [-0.39, 0.29) is 18.0 Å². The Bertz CT molecular complexity index is 1400. The van der Waals surface area contributed by atoms with Crippen molar-refractivity contribution >= 4 is 44.9 Å². The first-order valence-electron chi connectivity index (χ1n) is 11.4. The number of hydrogen-bond donors (Lipinski definition) is 1. The summed E-state index contributed by atoms with van der Waals surface area (Å²) in [5.74, 6) is -0.327. The lowest BCUT2D eigenvalue weighted by Gasteiger charge is -2.27. The molecule has 2 aliphatic rings. The third kappa shape index (κ3) is 4.48. The van der Waals surface area contributed by atoms with Gasteiger partial charge < -0.3 is 10.1 Å². The number of ether oxygens (including phenoxy) is 1. The number of anilines is 1. The highest BCUT2D eigenvalue weighted by Gasteiger charge is 2.41. The normalized spacial score (nSPS) is 22.1. The number of nitrogens with one attached hydrogen (secondary N) is 1. The molecular weight excluding hydrogens is 486 g/mol. The van der Waals surface area contributed by atoms with Crippen LogP contribution in [0.25, 0.3) is 11.0 Å². The lowest BCUT2D eigenvalue weighted by Crippen LogP contribution is -2.44. The summed E-state index contributed by atoms with van der Waals surface area (Å²) >= 11 is 0. The number of carbonyl (C=O) groups is 3. The largest absolute Gasteiger partial charge is 0.443 e. The molecule has 2 aromatic rings. The zero-order valence-electron chi connectivity index (χ0n) is 20.8. The molecule has 1 saturated heterocycles. The van der Waals surface area contributed by atoms with Crippen molar-refractivity contribution in [1.29, 1.82) is 0 Å². The van der Waals surface area contributed by atoms with Crippen molar-refractivity contribution in [2.75, 3.05) is 18.5 Å². The van der Waals surface area contributed by atoms with Crippen molar-refractivity contribution in [3.8, 4) is 0 Å². The third-order valence-corrected chi connectivity index (χ3v) is 8.34. The van der Waals surface area contributed by atoms with Gasteiger partial charge in [-0.1, -0.05) is 24.3 Å². The van der Waals surface area contributed by atoms with Gasteiger partial charge in [0.15, 0.2) is 5.65 Å². The van der Waals surface area contributed by atoms with E-state index in [0.29, 0.717) is 11.8 Å². The number of hydrogen-bond acceptors (Lipinski definition) is 7. The first-order chi connectivity index (χ1) is 16.7. The van der Waals surface area contributed by atoms with Gasteiger partial charge in [0.05, 0.1) is 6.54 Å². The summed E-state index contributed by atoms with van der Waals surface area (Å²) in [5, 5.41) is 3.08. The maximum Gasteiger partial charge on any atom is 0.418 e. The van der Waals surface area contributed by atoms with E-state index in [1.807, 2.05) is 0 Å². The molecule has 1 aliphatic heterocycles. The first-order valence-corrected chi connectivity index (χ1v) is 12.8. The smallest absolute Gasteiger partial charge is 0.418 e. The Morgan fingerprint density at radius 1 is 1.22 bits per heavy atom. The molecule has 12 heteroatoms. The molecule has 3 heterocycles. The number of aromatic nitrogens is 2. The van der Waals surface area contributed by atoms with E-state index in [2.05, 4.69) is 10.3 Å². The van der Waals surface area contributed by atoms with Crippen LogP contribution >= 0.6 is 0 Å². The Morgan fingerprint density at radius 3 is 2.58 bits per heavy atom. The van der Waals surface area contributed by atoms with Crippen molar-refractivity contribution in [1.82, 2.24) is 19.2 Å². The second kappa shape index (κ2) is 8.77. The van der Waals surface area contributed by atoms with E-state index in [0.717, 1.165) is 8.87 Å². The Morgan fingerprint density at radius 2 is 1.94 bits per heavy atom. The van der Waals surface area contributed by atoms with Crippen molar-refractivity contribution in [3.05, 3.63) is 48.7 Å². The van der Waals surface area contributed by atoms with Gasteiger partial charge in [0.2, 0.25) is 10.0 Å². The van der Waals surface area contributed by atoms with Crippen molar-refractivity contribution < 1.29 is 27.5 Å². The number of nitrogens with zero attached hydrogens (tertiary/aromatic N) is 4. The van der Waals surface area contributed by atoms with Crippen molar-refractivity contribution in [2.24, 2.45) is 0 Å². The summed E-state index contributed by atoms with van der Waals surface area (Å²) in [6.07, 6.45) is 7.87. The number of allylic oxidation sites excluding steroid dienone is 3. The van der Waals surface area contributed by atoms with E-state index in [1.165, 1.54) is 18.1 Å². The van der Waals surface area contributed by atoms with Crippen LogP contribution in [0.15, 0.2) is 48.7 Å². The minimum atomic E-state index is -3.86. The van der Waals surface area contributed by atoms with E-state index in [1.54, 1.807) is 70.2 Å². The minimum Gasteiger partial charge on any atom is -0.443 e. The average Bonchev–Trinajstić information content (AvgIpc) is 3.41. The number of rotatable bonds is 4. The standard InChI is InChI=1S/C24H29N5O6S/c1-23(2,3)35-22(32)28-15-17(25-21(28)31)20(30)27(5)18-10-9-16-11-14-29(19(16)26-18)36(33,34)24(4)12-7-6-8-13-24/h6-12,14,17H,13,15H2,1-5H3,(H,25,31)/t17-,24?/m0/s1. The molecule has 192 valence electrons. The van der Waals surface area contributed by atoms with Crippen LogP contribution in [0, 0.1) is 0 Å². The lowest BCUT2D eigenvalue weighted by molar-refractivity contribution is -0.119. The minimum absolute atomic E-state index is 0.183. The Kier molecular flexibility index (Phi) is 6.19. The maximum atomic E-state index is 13.5. The quantitative estimate of drug-likeness (QED) is 0.662. The summed E-state index contributed by atoms with van der Waals surface area (Å²) < 4.78 is 32.2. The molecule has 1 aliphatic carbocycles. The van der Waals surface area contributed by atoms with E-state index >= 15 is 0 Å². The van der Waals surface area contributed by atoms with Crippen LogP contribution in [-0.4, -0.2) is 70.3 Å².